The van der Waals surface area contributed by atoms with Crippen molar-refractivity contribution in [3.8, 4) is 5.69 Å². The van der Waals surface area contributed by atoms with Crippen molar-refractivity contribution >= 4 is 5.91 Å². The molecule has 1 N–H and O–H groups in total. The summed E-state index contributed by atoms with van der Waals surface area (Å²) in [6, 6.07) is 13.9. The molecule has 1 aromatic heterocycles. The Morgan fingerprint density at radius 2 is 1.69 bits per heavy atom. The van der Waals surface area contributed by atoms with Crippen LogP contribution in [-0.2, 0) is 6.54 Å². The summed E-state index contributed by atoms with van der Waals surface area (Å²) in [4.78, 5) is 17.8. The molecular formula is C27H33F2N5O. The lowest BCUT2D eigenvalue weighted by Gasteiger charge is -2.34. The van der Waals surface area contributed by atoms with Gasteiger partial charge in [-0.25, -0.2) is 13.5 Å². The van der Waals surface area contributed by atoms with Crippen molar-refractivity contribution in [2.45, 2.75) is 33.2 Å². The van der Waals surface area contributed by atoms with Crippen LogP contribution in [0.25, 0.3) is 5.69 Å². The van der Waals surface area contributed by atoms with E-state index in [1.165, 1.54) is 22.4 Å². The second kappa shape index (κ2) is 11.6. The number of hydrogen-bond acceptors (Lipinski definition) is 4. The minimum Gasteiger partial charge on any atom is -0.352 e. The maximum Gasteiger partial charge on any atom is 0.255 e. The van der Waals surface area contributed by atoms with Crippen molar-refractivity contribution in [1.29, 1.82) is 0 Å². The highest BCUT2D eigenvalue weighted by Gasteiger charge is 2.21. The maximum atomic E-state index is 14.2. The molecule has 1 saturated heterocycles. The Labute approximate surface area is 205 Å². The average molecular weight is 482 g/mol. The summed E-state index contributed by atoms with van der Waals surface area (Å²) in [6.45, 7) is 10.3. The number of nitrogens with zero attached hydrogens (tertiary/aromatic N) is 4. The number of amides is 1. The number of piperazine rings is 1. The van der Waals surface area contributed by atoms with Crippen LogP contribution in [0.4, 0.5) is 8.78 Å². The molecule has 0 saturated carbocycles. The molecule has 0 atom stereocenters. The predicted molar refractivity (Wildman–Crippen MR) is 133 cm³/mol. The summed E-state index contributed by atoms with van der Waals surface area (Å²) < 4.78 is 28.8. The second-order valence-electron chi connectivity index (χ2n) is 9.12. The maximum absolute atomic E-state index is 14.2. The highest BCUT2D eigenvalue weighted by molar-refractivity contribution is 5.96. The van der Waals surface area contributed by atoms with Crippen LogP contribution in [0.2, 0.25) is 0 Å². The molecule has 2 aromatic carbocycles. The molecule has 1 fully saturated rings. The topological polar surface area (TPSA) is 53.4 Å². The minimum atomic E-state index is -0.719. The molecule has 1 amide bonds. The highest BCUT2D eigenvalue weighted by atomic mass is 19.1. The second-order valence-corrected chi connectivity index (χ2v) is 9.12. The molecule has 0 bridgehead atoms. The molecule has 186 valence electrons. The van der Waals surface area contributed by atoms with Gasteiger partial charge in [-0.2, -0.15) is 5.10 Å². The average Bonchev–Trinajstić information content (AvgIpc) is 3.14. The van der Waals surface area contributed by atoms with Gasteiger partial charge in [0.2, 0.25) is 0 Å². The molecule has 1 aliphatic rings. The number of carbonyl (C=O) groups is 1. The summed E-state index contributed by atoms with van der Waals surface area (Å²) in [5.74, 6) is -1.59. The lowest BCUT2D eigenvalue weighted by atomic mass is 10.1. The van der Waals surface area contributed by atoms with Crippen molar-refractivity contribution in [2.75, 3.05) is 39.3 Å². The van der Waals surface area contributed by atoms with Gasteiger partial charge in [0, 0.05) is 45.3 Å². The number of aryl methyl sites for hydroxylation is 1. The first kappa shape index (κ1) is 25.0. The zero-order valence-corrected chi connectivity index (χ0v) is 20.4. The van der Waals surface area contributed by atoms with Crippen LogP contribution in [0.5, 0.6) is 0 Å². The molecule has 0 aliphatic carbocycles. The molecule has 0 radical (unpaired) electrons. The van der Waals surface area contributed by atoms with Crippen molar-refractivity contribution in [3.63, 3.8) is 0 Å². The number of rotatable bonds is 9. The first-order valence-electron chi connectivity index (χ1n) is 12.2. The predicted octanol–water partition coefficient (Wildman–Crippen LogP) is 4.10. The van der Waals surface area contributed by atoms with Gasteiger partial charge in [0.15, 0.2) is 5.82 Å². The van der Waals surface area contributed by atoms with Crippen LogP contribution in [-0.4, -0.2) is 64.8 Å². The van der Waals surface area contributed by atoms with Crippen molar-refractivity contribution in [3.05, 3.63) is 82.7 Å². The third-order valence-corrected chi connectivity index (χ3v) is 6.56. The lowest BCUT2D eigenvalue weighted by molar-refractivity contribution is 0.0950. The van der Waals surface area contributed by atoms with Crippen LogP contribution < -0.4 is 5.32 Å². The minimum absolute atomic E-state index is 0.120. The zero-order chi connectivity index (χ0) is 24.8. The third kappa shape index (κ3) is 6.32. The Balaban J connectivity index is 1.19. The third-order valence-electron chi connectivity index (χ3n) is 6.56. The van der Waals surface area contributed by atoms with Crippen LogP contribution in [0, 0.1) is 25.5 Å². The van der Waals surface area contributed by atoms with Gasteiger partial charge in [-0.15, -0.1) is 0 Å². The molecule has 1 aliphatic heterocycles. The number of benzene rings is 2. The Hall–Kier alpha value is -3.10. The van der Waals surface area contributed by atoms with E-state index in [1.807, 2.05) is 6.07 Å². The first-order valence-corrected chi connectivity index (χ1v) is 12.2. The number of aromatic nitrogens is 2. The van der Waals surface area contributed by atoms with E-state index in [0.717, 1.165) is 58.2 Å². The van der Waals surface area contributed by atoms with E-state index in [1.54, 1.807) is 13.8 Å². The van der Waals surface area contributed by atoms with Gasteiger partial charge in [-0.05, 0) is 50.9 Å². The van der Waals surface area contributed by atoms with Crippen molar-refractivity contribution < 1.29 is 13.6 Å². The zero-order valence-electron chi connectivity index (χ0n) is 20.4. The van der Waals surface area contributed by atoms with E-state index in [-0.39, 0.29) is 11.6 Å². The van der Waals surface area contributed by atoms with Crippen molar-refractivity contribution in [1.82, 2.24) is 24.9 Å². The summed E-state index contributed by atoms with van der Waals surface area (Å²) >= 11 is 0. The molecule has 0 spiro atoms. The summed E-state index contributed by atoms with van der Waals surface area (Å²) in [6.07, 6.45) is 1.89. The fraction of sp³-hybridized carbons (Fsp3) is 0.407. The largest absolute Gasteiger partial charge is 0.352 e. The Morgan fingerprint density at radius 1 is 0.971 bits per heavy atom. The molecule has 4 rings (SSSR count). The van der Waals surface area contributed by atoms with Gasteiger partial charge in [-0.1, -0.05) is 30.3 Å². The van der Waals surface area contributed by atoms with Gasteiger partial charge >= 0.3 is 0 Å². The molecule has 3 aromatic rings. The van der Waals surface area contributed by atoms with Gasteiger partial charge in [0.05, 0.1) is 17.0 Å². The fourth-order valence-corrected chi connectivity index (χ4v) is 4.62. The van der Waals surface area contributed by atoms with Gasteiger partial charge < -0.3 is 10.2 Å². The number of nitrogens with one attached hydrogen (secondary N) is 1. The molecule has 6 nitrogen and oxygen atoms in total. The highest BCUT2D eigenvalue weighted by Crippen LogP contribution is 2.21. The Morgan fingerprint density at radius 3 is 2.40 bits per heavy atom. The molecule has 2 heterocycles. The first-order chi connectivity index (χ1) is 16.9. The Kier molecular flexibility index (Phi) is 8.25. The molecule has 0 unspecified atom stereocenters. The smallest absolute Gasteiger partial charge is 0.255 e. The van der Waals surface area contributed by atoms with Crippen LogP contribution in [0.3, 0.4) is 0 Å². The van der Waals surface area contributed by atoms with E-state index >= 15 is 0 Å². The monoisotopic (exact) mass is 481 g/mol. The van der Waals surface area contributed by atoms with E-state index in [2.05, 4.69) is 44.5 Å². The quantitative estimate of drug-likeness (QED) is 0.468. The number of halogens is 2. The SMILES string of the molecule is Cc1nn(-c2ccc(F)cc2F)c(C)c1C(=O)NCCCCN1CCN(Cc2ccccc2)CC1. The normalized spacial score (nSPS) is 14.9. The Bertz CT molecular complexity index is 1140. The van der Waals surface area contributed by atoms with Gasteiger partial charge in [0.25, 0.3) is 5.91 Å². The number of hydrogen-bond donors (Lipinski definition) is 1. The van der Waals surface area contributed by atoms with E-state index in [0.29, 0.717) is 23.5 Å². The van der Waals surface area contributed by atoms with E-state index < -0.39 is 11.6 Å². The van der Waals surface area contributed by atoms with Crippen LogP contribution >= 0.6 is 0 Å². The summed E-state index contributed by atoms with van der Waals surface area (Å²) in [5.41, 5.74) is 2.95. The number of unbranched alkanes of at least 4 members (excludes halogenated alkanes) is 1. The van der Waals surface area contributed by atoms with Gasteiger partial charge in [0.1, 0.15) is 11.5 Å². The lowest BCUT2D eigenvalue weighted by Crippen LogP contribution is -2.46. The molecular weight excluding hydrogens is 448 g/mol. The summed E-state index contributed by atoms with van der Waals surface area (Å²) in [5, 5.41) is 7.28. The van der Waals surface area contributed by atoms with E-state index in [9.17, 15) is 13.6 Å². The fourth-order valence-electron chi connectivity index (χ4n) is 4.62. The van der Waals surface area contributed by atoms with Crippen molar-refractivity contribution in [2.24, 2.45) is 0 Å². The van der Waals surface area contributed by atoms with Gasteiger partial charge in [-0.3, -0.25) is 9.69 Å². The van der Waals surface area contributed by atoms with E-state index in [4.69, 9.17) is 0 Å². The summed E-state index contributed by atoms with van der Waals surface area (Å²) in [7, 11) is 0. The van der Waals surface area contributed by atoms with Crippen LogP contribution in [0.1, 0.15) is 40.2 Å². The molecule has 8 heteroatoms. The number of carbonyl (C=O) groups excluding carboxylic acids is 1. The van der Waals surface area contributed by atoms with Crippen LogP contribution in [0.15, 0.2) is 48.5 Å². The standard InChI is InChI=1S/C27H33F2N5O/c1-20-26(21(2)34(31-20)25-11-10-23(28)18-24(25)29)27(35)30-12-6-7-13-32-14-16-33(17-15-32)19-22-8-4-3-5-9-22/h3-5,8-11,18H,6-7,12-17,19H2,1-2H3,(H,30,35). The molecule has 35 heavy (non-hydrogen) atoms.